The lowest BCUT2D eigenvalue weighted by Gasteiger charge is -2.02. The van der Waals surface area contributed by atoms with Crippen molar-refractivity contribution in [3.8, 4) is 0 Å². The summed E-state index contributed by atoms with van der Waals surface area (Å²) in [5.74, 6) is 0. The normalized spacial score (nSPS) is 24.6. The van der Waals surface area contributed by atoms with Crippen molar-refractivity contribution in [2.75, 3.05) is 0 Å². The van der Waals surface area contributed by atoms with E-state index in [9.17, 15) is 4.79 Å². The fourth-order valence-corrected chi connectivity index (χ4v) is 2.39. The zero-order valence-corrected chi connectivity index (χ0v) is 8.59. The molecule has 1 heterocycles. The first-order valence-corrected chi connectivity index (χ1v) is 4.64. The number of nitrogens with one attached hydrogen (secondary N) is 1. The molecule has 1 N–H and O–H groups in total. The van der Waals surface area contributed by atoms with Crippen LogP contribution in [0.3, 0.4) is 0 Å². The van der Waals surface area contributed by atoms with Gasteiger partial charge in [0.25, 0.3) is 0 Å². The summed E-state index contributed by atoms with van der Waals surface area (Å²) < 4.78 is 1.81. The summed E-state index contributed by atoms with van der Waals surface area (Å²) in [6, 6.07) is 0.332. The zero-order chi connectivity index (χ0) is 9.85. The molecule has 13 heavy (non-hydrogen) atoms. The maximum atomic E-state index is 11.4. The predicted octanol–water partition coefficient (Wildman–Crippen LogP) is 1.78. The maximum Gasteiger partial charge on any atom is 0.325 e. The topological polar surface area (TPSA) is 37.8 Å². The highest BCUT2D eigenvalue weighted by Crippen LogP contribution is 2.70. The Morgan fingerprint density at radius 3 is 2.15 bits per heavy atom. The van der Waals surface area contributed by atoms with E-state index in [-0.39, 0.29) is 16.5 Å². The van der Waals surface area contributed by atoms with Crippen molar-refractivity contribution in [3.05, 3.63) is 22.9 Å². The van der Waals surface area contributed by atoms with E-state index in [0.29, 0.717) is 6.04 Å². The summed E-state index contributed by atoms with van der Waals surface area (Å²) in [6.45, 7) is 8.82. The molecule has 0 radical (unpaired) electrons. The van der Waals surface area contributed by atoms with Gasteiger partial charge in [-0.25, -0.2) is 4.79 Å². The van der Waals surface area contributed by atoms with Crippen LogP contribution in [0.5, 0.6) is 0 Å². The Labute approximate surface area is 77.8 Å². The highest BCUT2D eigenvalue weighted by atomic mass is 16.1. The van der Waals surface area contributed by atoms with Gasteiger partial charge in [-0.15, -0.1) is 0 Å². The molecular weight excluding hydrogens is 164 g/mol. The first-order chi connectivity index (χ1) is 5.89. The summed E-state index contributed by atoms with van der Waals surface area (Å²) in [5.41, 5.74) is 0.446. The van der Waals surface area contributed by atoms with Crippen molar-refractivity contribution in [2.45, 2.75) is 33.7 Å². The van der Waals surface area contributed by atoms with E-state index in [1.165, 1.54) is 0 Å². The van der Waals surface area contributed by atoms with E-state index in [1.54, 1.807) is 10.8 Å². The molecule has 0 unspecified atom stereocenters. The third-order valence-corrected chi connectivity index (χ3v) is 3.90. The van der Waals surface area contributed by atoms with E-state index in [2.05, 4.69) is 32.7 Å². The smallest absolute Gasteiger partial charge is 0.313 e. The van der Waals surface area contributed by atoms with Gasteiger partial charge in [0.05, 0.1) is 0 Å². The van der Waals surface area contributed by atoms with Crippen molar-refractivity contribution in [3.63, 3.8) is 0 Å². The van der Waals surface area contributed by atoms with Crippen LogP contribution in [-0.4, -0.2) is 9.55 Å². The number of aromatic nitrogens is 2. The van der Waals surface area contributed by atoms with Gasteiger partial charge in [-0.3, -0.25) is 4.57 Å². The quantitative estimate of drug-likeness (QED) is 0.703. The van der Waals surface area contributed by atoms with Crippen molar-refractivity contribution in [1.82, 2.24) is 9.55 Å². The monoisotopic (exact) mass is 180 g/mol. The number of aromatic amines is 1. The molecular formula is C10H16N2O. The van der Waals surface area contributed by atoms with Crippen LogP contribution in [0.15, 0.2) is 17.2 Å². The fraction of sp³-hybridized carbons (Fsp3) is 0.700. The highest BCUT2D eigenvalue weighted by Gasteiger charge is 2.66. The molecule has 0 bridgehead atoms. The molecule has 0 amide bonds. The van der Waals surface area contributed by atoms with E-state index in [1.807, 2.05) is 6.20 Å². The lowest BCUT2D eigenvalue weighted by Crippen LogP contribution is -2.17. The van der Waals surface area contributed by atoms with Crippen LogP contribution in [0.4, 0.5) is 0 Å². The largest absolute Gasteiger partial charge is 0.325 e. The second kappa shape index (κ2) is 2.08. The van der Waals surface area contributed by atoms with Crippen LogP contribution in [0, 0.1) is 10.8 Å². The molecule has 0 spiro atoms. The molecule has 0 atom stereocenters. The first-order valence-electron chi connectivity index (χ1n) is 4.64. The van der Waals surface area contributed by atoms with Crippen molar-refractivity contribution < 1.29 is 0 Å². The molecule has 0 saturated heterocycles. The molecule has 1 saturated carbocycles. The van der Waals surface area contributed by atoms with Gasteiger partial charge < -0.3 is 4.98 Å². The molecule has 1 aromatic rings. The second-order valence-electron chi connectivity index (χ2n) is 5.02. The summed E-state index contributed by atoms with van der Waals surface area (Å²) in [7, 11) is 0. The minimum Gasteiger partial charge on any atom is -0.313 e. The van der Waals surface area contributed by atoms with E-state index in [4.69, 9.17) is 0 Å². The molecule has 3 heteroatoms. The molecule has 1 aliphatic rings. The Kier molecular flexibility index (Phi) is 1.38. The average Bonchev–Trinajstić information content (AvgIpc) is 2.33. The van der Waals surface area contributed by atoms with Crippen molar-refractivity contribution in [1.29, 1.82) is 0 Å². The number of hydrogen-bond donors (Lipinski definition) is 1. The zero-order valence-electron chi connectivity index (χ0n) is 8.59. The van der Waals surface area contributed by atoms with E-state index < -0.39 is 0 Å². The number of rotatable bonds is 1. The molecule has 1 aromatic heterocycles. The number of imidazole rings is 1. The Hall–Kier alpha value is -0.990. The van der Waals surface area contributed by atoms with Crippen molar-refractivity contribution in [2.24, 2.45) is 10.8 Å². The van der Waals surface area contributed by atoms with Gasteiger partial charge in [0.15, 0.2) is 0 Å². The highest BCUT2D eigenvalue weighted by molar-refractivity contribution is 5.16. The van der Waals surface area contributed by atoms with Gasteiger partial charge in [0.1, 0.15) is 0 Å². The molecule has 1 aliphatic carbocycles. The standard InChI is InChI=1S/C10H16N2O/c1-9(2)7(10(9,3)4)12-6-5-11-8(12)13/h5-7H,1-4H3,(H,11,13). The number of hydrogen-bond acceptors (Lipinski definition) is 1. The first kappa shape index (κ1) is 8.60. The van der Waals surface area contributed by atoms with Gasteiger partial charge in [-0.1, -0.05) is 27.7 Å². The van der Waals surface area contributed by atoms with Crippen LogP contribution in [0.2, 0.25) is 0 Å². The fourth-order valence-electron chi connectivity index (χ4n) is 2.39. The Morgan fingerprint density at radius 1 is 1.31 bits per heavy atom. The van der Waals surface area contributed by atoms with Gasteiger partial charge >= 0.3 is 5.69 Å². The second-order valence-corrected chi connectivity index (χ2v) is 5.02. The van der Waals surface area contributed by atoms with Gasteiger partial charge in [-0.05, 0) is 10.8 Å². The lowest BCUT2D eigenvalue weighted by molar-refractivity contribution is 0.457. The SMILES string of the molecule is CC1(C)C(n2cc[nH]c2=O)C1(C)C. The van der Waals surface area contributed by atoms with Crippen LogP contribution in [-0.2, 0) is 0 Å². The van der Waals surface area contributed by atoms with Gasteiger partial charge in [0, 0.05) is 18.4 Å². The molecule has 0 aliphatic heterocycles. The molecule has 72 valence electrons. The van der Waals surface area contributed by atoms with E-state index in [0.717, 1.165) is 0 Å². The van der Waals surface area contributed by atoms with Crippen LogP contribution in [0.1, 0.15) is 33.7 Å². The van der Waals surface area contributed by atoms with Gasteiger partial charge in [-0.2, -0.15) is 0 Å². The van der Waals surface area contributed by atoms with Crippen LogP contribution < -0.4 is 5.69 Å². The number of nitrogens with zero attached hydrogens (tertiary/aromatic N) is 1. The summed E-state index contributed by atoms with van der Waals surface area (Å²) >= 11 is 0. The Bertz CT molecular complexity index is 370. The summed E-state index contributed by atoms with van der Waals surface area (Å²) in [6.07, 6.45) is 3.54. The molecule has 3 nitrogen and oxygen atoms in total. The minimum absolute atomic E-state index is 0.00338. The molecule has 2 rings (SSSR count). The Balaban J connectivity index is 2.43. The summed E-state index contributed by atoms with van der Waals surface area (Å²) in [5, 5.41) is 0. The van der Waals surface area contributed by atoms with E-state index >= 15 is 0 Å². The molecule has 0 aromatic carbocycles. The minimum atomic E-state index is 0.00338. The third-order valence-electron chi connectivity index (χ3n) is 3.90. The summed E-state index contributed by atoms with van der Waals surface area (Å²) in [4.78, 5) is 14.1. The molecule has 1 fully saturated rings. The van der Waals surface area contributed by atoms with Crippen LogP contribution in [0.25, 0.3) is 0 Å². The van der Waals surface area contributed by atoms with Gasteiger partial charge in [0.2, 0.25) is 0 Å². The van der Waals surface area contributed by atoms with Crippen molar-refractivity contribution >= 4 is 0 Å². The maximum absolute atomic E-state index is 11.4. The predicted molar refractivity (Wildman–Crippen MR) is 51.7 cm³/mol. The third kappa shape index (κ3) is 0.872. The average molecular weight is 180 g/mol. The van der Waals surface area contributed by atoms with Crippen LogP contribution >= 0.6 is 0 Å². The number of H-pyrrole nitrogens is 1. The Morgan fingerprint density at radius 2 is 1.85 bits per heavy atom. The lowest BCUT2D eigenvalue weighted by atomic mass is 10.0.